The Hall–Kier alpha value is -1.01. The van der Waals surface area contributed by atoms with Crippen LogP contribution in [0, 0.1) is 0 Å². The fraction of sp³-hybridized carbons (Fsp3) is 0.500. The third-order valence-corrected chi connectivity index (χ3v) is 3.68. The molecule has 0 saturated carbocycles. The molecule has 0 spiro atoms. The molecule has 0 aromatic heterocycles. The SMILES string of the molecule is FC(F)(F)c1ccc(OC2CCCCO2)c([SiH3])c1. The van der Waals surface area contributed by atoms with Crippen molar-refractivity contribution >= 4 is 15.4 Å². The average molecular weight is 276 g/mol. The number of rotatable bonds is 2. The Morgan fingerprint density at radius 3 is 2.61 bits per heavy atom. The van der Waals surface area contributed by atoms with E-state index in [1.807, 2.05) is 0 Å². The summed E-state index contributed by atoms with van der Waals surface area (Å²) >= 11 is 0. The highest BCUT2D eigenvalue weighted by molar-refractivity contribution is 6.34. The van der Waals surface area contributed by atoms with E-state index in [2.05, 4.69) is 0 Å². The van der Waals surface area contributed by atoms with E-state index in [1.54, 1.807) is 0 Å². The summed E-state index contributed by atoms with van der Waals surface area (Å²) in [5.41, 5.74) is -0.621. The number of hydrogen-bond donors (Lipinski definition) is 0. The van der Waals surface area contributed by atoms with Gasteiger partial charge in [-0.25, -0.2) is 0 Å². The predicted molar refractivity (Wildman–Crippen MR) is 65.2 cm³/mol. The Morgan fingerprint density at radius 2 is 2.06 bits per heavy atom. The molecule has 1 aliphatic rings. The largest absolute Gasteiger partial charge is 0.465 e. The van der Waals surface area contributed by atoms with Crippen LogP contribution in [0.1, 0.15) is 24.8 Å². The molecular formula is C12H15F3O2Si. The van der Waals surface area contributed by atoms with Gasteiger partial charge in [0, 0.05) is 16.7 Å². The molecule has 1 aromatic rings. The molecule has 0 amide bonds. The van der Waals surface area contributed by atoms with Crippen LogP contribution in [0.5, 0.6) is 5.75 Å². The van der Waals surface area contributed by atoms with Gasteiger partial charge in [0.05, 0.1) is 12.2 Å². The van der Waals surface area contributed by atoms with Crippen LogP contribution in [0.3, 0.4) is 0 Å². The molecule has 1 atom stereocenters. The smallest absolute Gasteiger partial charge is 0.416 e. The fourth-order valence-corrected chi connectivity index (χ4v) is 2.50. The molecule has 1 unspecified atom stereocenters. The second-order valence-electron chi connectivity index (χ2n) is 4.39. The van der Waals surface area contributed by atoms with Crippen LogP contribution in [0.25, 0.3) is 0 Å². The van der Waals surface area contributed by atoms with Crippen LogP contribution in [0.4, 0.5) is 13.2 Å². The van der Waals surface area contributed by atoms with Crippen molar-refractivity contribution in [1.29, 1.82) is 0 Å². The third kappa shape index (κ3) is 3.26. The Labute approximate surface area is 107 Å². The standard InChI is InChI=1S/C12H15F3O2Si/c13-12(14,15)8-4-5-9(10(18)7-8)17-11-3-1-2-6-16-11/h4-5,7,11H,1-3,6H2,18H3. The van der Waals surface area contributed by atoms with Crippen molar-refractivity contribution in [3.05, 3.63) is 23.8 Å². The minimum absolute atomic E-state index is 0.316. The first kappa shape index (κ1) is 13.4. The Bertz CT molecular complexity index is 414. The van der Waals surface area contributed by atoms with Crippen LogP contribution in [-0.2, 0) is 10.9 Å². The predicted octanol–water partition coefficient (Wildman–Crippen LogP) is 1.60. The van der Waals surface area contributed by atoms with Crippen LogP contribution < -0.4 is 9.92 Å². The summed E-state index contributed by atoms with van der Waals surface area (Å²) in [5.74, 6) is 0.515. The summed E-state index contributed by atoms with van der Waals surface area (Å²) in [4.78, 5) is 0. The van der Waals surface area contributed by atoms with Crippen LogP contribution in [0.2, 0.25) is 0 Å². The van der Waals surface area contributed by atoms with Crippen LogP contribution in [0.15, 0.2) is 18.2 Å². The molecule has 0 aliphatic carbocycles. The molecule has 1 aliphatic heterocycles. The Kier molecular flexibility index (Phi) is 3.96. The van der Waals surface area contributed by atoms with Gasteiger partial charge in [-0.15, -0.1) is 0 Å². The van der Waals surface area contributed by atoms with Crippen molar-refractivity contribution in [3.8, 4) is 5.75 Å². The van der Waals surface area contributed by atoms with Gasteiger partial charge in [0.15, 0.2) is 6.29 Å². The number of halogens is 3. The topological polar surface area (TPSA) is 18.5 Å². The first-order valence-electron chi connectivity index (χ1n) is 5.93. The van der Waals surface area contributed by atoms with E-state index in [0.717, 1.165) is 31.4 Å². The molecule has 18 heavy (non-hydrogen) atoms. The van der Waals surface area contributed by atoms with E-state index in [1.165, 1.54) is 6.07 Å². The normalized spacial score (nSPS) is 20.9. The van der Waals surface area contributed by atoms with Gasteiger partial charge in [0.1, 0.15) is 5.75 Å². The quantitative estimate of drug-likeness (QED) is 0.764. The van der Waals surface area contributed by atoms with Crippen LogP contribution >= 0.6 is 0 Å². The molecule has 0 bridgehead atoms. The lowest BCUT2D eigenvalue weighted by molar-refractivity contribution is -0.137. The monoisotopic (exact) mass is 276 g/mol. The minimum Gasteiger partial charge on any atom is -0.465 e. The summed E-state index contributed by atoms with van der Waals surface area (Å²) in [7, 11) is 0.507. The van der Waals surface area contributed by atoms with E-state index < -0.39 is 11.7 Å². The van der Waals surface area contributed by atoms with Gasteiger partial charge in [0.2, 0.25) is 0 Å². The third-order valence-electron chi connectivity index (χ3n) is 2.90. The molecule has 100 valence electrons. The fourth-order valence-electron chi connectivity index (χ4n) is 1.90. The molecule has 1 saturated heterocycles. The summed E-state index contributed by atoms with van der Waals surface area (Å²) in [6.07, 6.45) is -1.77. The molecule has 2 rings (SSSR count). The first-order chi connectivity index (χ1) is 8.47. The highest BCUT2D eigenvalue weighted by Gasteiger charge is 2.30. The lowest BCUT2D eigenvalue weighted by atomic mass is 10.2. The zero-order valence-electron chi connectivity index (χ0n) is 10.1. The van der Waals surface area contributed by atoms with Gasteiger partial charge >= 0.3 is 6.18 Å². The van der Waals surface area contributed by atoms with Crippen LogP contribution in [-0.4, -0.2) is 23.1 Å². The van der Waals surface area contributed by atoms with Gasteiger partial charge in [-0.3, -0.25) is 0 Å². The summed E-state index contributed by atoms with van der Waals surface area (Å²) in [6, 6.07) is 3.60. The van der Waals surface area contributed by atoms with Gasteiger partial charge in [-0.2, -0.15) is 13.2 Å². The highest BCUT2D eigenvalue weighted by Crippen LogP contribution is 2.29. The average Bonchev–Trinajstić information content (AvgIpc) is 2.32. The van der Waals surface area contributed by atoms with Crippen molar-refractivity contribution < 1.29 is 22.6 Å². The van der Waals surface area contributed by atoms with Crippen molar-refractivity contribution in [2.45, 2.75) is 31.7 Å². The summed E-state index contributed by atoms with van der Waals surface area (Å²) in [5, 5.41) is 0.610. The van der Waals surface area contributed by atoms with Crippen molar-refractivity contribution in [1.82, 2.24) is 0 Å². The Balaban J connectivity index is 2.09. The number of benzene rings is 1. The molecule has 2 nitrogen and oxygen atoms in total. The van der Waals surface area contributed by atoms with Crippen molar-refractivity contribution in [3.63, 3.8) is 0 Å². The zero-order valence-corrected chi connectivity index (χ0v) is 12.1. The van der Waals surface area contributed by atoms with Gasteiger partial charge < -0.3 is 9.47 Å². The molecule has 0 N–H and O–H groups in total. The molecular weight excluding hydrogens is 261 g/mol. The maximum Gasteiger partial charge on any atom is 0.416 e. The Morgan fingerprint density at radius 1 is 1.28 bits per heavy atom. The first-order valence-corrected chi connectivity index (χ1v) is 6.93. The molecule has 1 fully saturated rings. The minimum atomic E-state index is -4.29. The molecule has 1 aromatic carbocycles. The lowest BCUT2D eigenvalue weighted by Gasteiger charge is -2.24. The lowest BCUT2D eigenvalue weighted by Crippen LogP contribution is -2.27. The van der Waals surface area contributed by atoms with E-state index in [-0.39, 0.29) is 6.29 Å². The second kappa shape index (κ2) is 5.32. The number of alkyl halides is 3. The van der Waals surface area contributed by atoms with Crippen molar-refractivity contribution in [2.24, 2.45) is 0 Å². The zero-order chi connectivity index (χ0) is 13.2. The maximum absolute atomic E-state index is 12.5. The number of hydrogen-bond acceptors (Lipinski definition) is 2. The van der Waals surface area contributed by atoms with Gasteiger partial charge in [-0.1, -0.05) is 0 Å². The molecule has 1 heterocycles. The van der Waals surface area contributed by atoms with E-state index in [4.69, 9.17) is 9.47 Å². The number of ether oxygens (including phenoxy) is 2. The summed E-state index contributed by atoms with van der Waals surface area (Å²) in [6.45, 7) is 0.655. The van der Waals surface area contributed by atoms with E-state index >= 15 is 0 Å². The van der Waals surface area contributed by atoms with Crippen molar-refractivity contribution in [2.75, 3.05) is 6.61 Å². The van der Waals surface area contributed by atoms with Gasteiger partial charge in [0.25, 0.3) is 0 Å². The second-order valence-corrected chi connectivity index (χ2v) is 5.47. The van der Waals surface area contributed by atoms with Gasteiger partial charge in [-0.05, 0) is 36.2 Å². The highest BCUT2D eigenvalue weighted by atomic mass is 28.1. The summed E-state index contributed by atoms with van der Waals surface area (Å²) < 4.78 is 48.5. The maximum atomic E-state index is 12.5. The molecule has 0 radical (unpaired) electrons. The van der Waals surface area contributed by atoms with E-state index in [9.17, 15) is 13.2 Å². The molecule has 6 heteroatoms. The van der Waals surface area contributed by atoms with E-state index in [0.29, 0.717) is 27.8 Å².